The molecule has 0 bridgehead atoms. The number of nitrogens with zero attached hydrogens (tertiary/aromatic N) is 3. The van der Waals surface area contributed by atoms with Crippen molar-refractivity contribution in [2.45, 2.75) is 52.0 Å². The van der Waals surface area contributed by atoms with E-state index in [4.69, 9.17) is 0 Å². The van der Waals surface area contributed by atoms with Gasteiger partial charge in [0.25, 0.3) is 0 Å². The third-order valence-electron chi connectivity index (χ3n) is 4.91. The molecule has 1 heterocycles. The summed E-state index contributed by atoms with van der Waals surface area (Å²) in [5.41, 5.74) is 0. The molecule has 0 radical (unpaired) electrons. The summed E-state index contributed by atoms with van der Waals surface area (Å²) < 4.78 is 0. The van der Waals surface area contributed by atoms with Crippen molar-refractivity contribution in [1.29, 1.82) is 0 Å². The van der Waals surface area contributed by atoms with E-state index in [0.29, 0.717) is 19.0 Å². The molecule has 1 saturated heterocycles. The largest absolute Gasteiger partial charge is 0.340 e. The highest BCUT2D eigenvalue weighted by Gasteiger charge is 2.26. The minimum Gasteiger partial charge on any atom is -0.340 e. The molecule has 0 atom stereocenters. The molecule has 21 heavy (non-hydrogen) atoms. The Morgan fingerprint density at radius 3 is 2.24 bits per heavy atom. The van der Waals surface area contributed by atoms with Gasteiger partial charge in [0, 0.05) is 52.1 Å². The molecule has 1 aliphatic carbocycles. The molecule has 120 valence electrons. The fourth-order valence-electron chi connectivity index (χ4n) is 3.50. The van der Waals surface area contributed by atoms with Gasteiger partial charge in [-0.3, -0.25) is 9.59 Å². The van der Waals surface area contributed by atoms with Crippen LogP contribution in [0.5, 0.6) is 0 Å². The molecule has 2 aliphatic rings. The van der Waals surface area contributed by atoms with Gasteiger partial charge in [0.1, 0.15) is 0 Å². The van der Waals surface area contributed by atoms with Crippen molar-refractivity contribution in [2.24, 2.45) is 0 Å². The third kappa shape index (κ3) is 4.43. The van der Waals surface area contributed by atoms with Crippen molar-refractivity contribution >= 4 is 11.8 Å². The third-order valence-corrected chi connectivity index (χ3v) is 4.91. The Balaban J connectivity index is 1.78. The maximum Gasteiger partial charge on any atom is 0.224 e. The highest BCUT2D eigenvalue weighted by Crippen LogP contribution is 2.23. The fraction of sp³-hybridized carbons (Fsp3) is 0.875. The summed E-state index contributed by atoms with van der Waals surface area (Å²) >= 11 is 0. The average Bonchev–Trinajstić information content (AvgIpc) is 3.01. The first kappa shape index (κ1) is 16.3. The zero-order valence-corrected chi connectivity index (χ0v) is 13.5. The Bertz CT molecular complexity index is 359. The summed E-state index contributed by atoms with van der Waals surface area (Å²) in [7, 11) is 0. The van der Waals surface area contributed by atoms with Crippen LogP contribution in [0.3, 0.4) is 0 Å². The van der Waals surface area contributed by atoms with Gasteiger partial charge < -0.3 is 14.7 Å². The van der Waals surface area contributed by atoms with E-state index >= 15 is 0 Å². The van der Waals surface area contributed by atoms with Gasteiger partial charge in [-0.25, -0.2) is 0 Å². The van der Waals surface area contributed by atoms with Crippen LogP contribution in [0.25, 0.3) is 0 Å². The van der Waals surface area contributed by atoms with Crippen LogP contribution in [0.2, 0.25) is 0 Å². The minimum atomic E-state index is 0.116. The van der Waals surface area contributed by atoms with Gasteiger partial charge in [-0.2, -0.15) is 0 Å². The topological polar surface area (TPSA) is 43.9 Å². The predicted octanol–water partition coefficient (Wildman–Crippen LogP) is 1.33. The summed E-state index contributed by atoms with van der Waals surface area (Å²) in [5, 5.41) is 0. The standard InChI is InChI=1S/C16H29N3O2/c1-3-17-10-12-18(13-11-17)16(21)8-9-19(14(2)20)15-6-4-5-7-15/h15H,3-13H2,1-2H3. The van der Waals surface area contributed by atoms with Crippen molar-refractivity contribution in [3.05, 3.63) is 0 Å². The lowest BCUT2D eigenvalue weighted by Crippen LogP contribution is -2.49. The van der Waals surface area contributed by atoms with Gasteiger partial charge in [-0.1, -0.05) is 19.8 Å². The number of rotatable bonds is 5. The van der Waals surface area contributed by atoms with Gasteiger partial charge in [-0.05, 0) is 19.4 Å². The second-order valence-electron chi connectivity index (χ2n) is 6.22. The first-order chi connectivity index (χ1) is 10.1. The number of amides is 2. The lowest BCUT2D eigenvalue weighted by atomic mass is 10.2. The lowest BCUT2D eigenvalue weighted by Gasteiger charge is -2.35. The van der Waals surface area contributed by atoms with Crippen LogP contribution >= 0.6 is 0 Å². The van der Waals surface area contributed by atoms with Crippen molar-refractivity contribution in [3.8, 4) is 0 Å². The highest BCUT2D eigenvalue weighted by atomic mass is 16.2. The smallest absolute Gasteiger partial charge is 0.224 e. The Morgan fingerprint density at radius 2 is 1.71 bits per heavy atom. The monoisotopic (exact) mass is 295 g/mol. The average molecular weight is 295 g/mol. The van der Waals surface area contributed by atoms with Crippen molar-refractivity contribution in [3.63, 3.8) is 0 Å². The van der Waals surface area contributed by atoms with Gasteiger partial charge in [-0.15, -0.1) is 0 Å². The van der Waals surface area contributed by atoms with Crippen LogP contribution in [0.4, 0.5) is 0 Å². The molecule has 0 spiro atoms. The molecule has 1 saturated carbocycles. The summed E-state index contributed by atoms with van der Waals surface area (Å²) in [4.78, 5) is 30.3. The Hall–Kier alpha value is -1.10. The van der Waals surface area contributed by atoms with Crippen LogP contribution in [0.1, 0.15) is 46.0 Å². The Kier molecular flexibility index (Phi) is 6.03. The van der Waals surface area contributed by atoms with E-state index in [1.165, 1.54) is 12.8 Å². The van der Waals surface area contributed by atoms with Crippen LogP contribution in [0, 0.1) is 0 Å². The summed E-state index contributed by atoms with van der Waals surface area (Å²) in [6.07, 6.45) is 5.09. The number of carbonyl (C=O) groups excluding carboxylic acids is 2. The molecule has 0 aromatic rings. The molecule has 5 heteroatoms. The Labute approximate surface area is 128 Å². The van der Waals surface area contributed by atoms with Gasteiger partial charge in [0.05, 0.1) is 0 Å². The van der Waals surface area contributed by atoms with Crippen LogP contribution in [-0.2, 0) is 9.59 Å². The molecule has 2 fully saturated rings. The first-order valence-electron chi connectivity index (χ1n) is 8.39. The molecule has 2 rings (SSSR count). The SMILES string of the molecule is CCN1CCN(C(=O)CCN(C(C)=O)C2CCCC2)CC1. The predicted molar refractivity (Wildman–Crippen MR) is 83.0 cm³/mol. The van der Waals surface area contributed by atoms with Crippen LogP contribution in [-0.4, -0.2) is 71.8 Å². The number of carbonyl (C=O) groups is 2. The van der Waals surface area contributed by atoms with Gasteiger partial charge in [0.2, 0.25) is 11.8 Å². The molecule has 0 unspecified atom stereocenters. The quantitative estimate of drug-likeness (QED) is 0.768. The summed E-state index contributed by atoms with van der Waals surface area (Å²) in [5.74, 6) is 0.320. The van der Waals surface area contributed by atoms with E-state index in [-0.39, 0.29) is 11.8 Å². The first-order valence-corrected chi connectivity index (χ1v) is 8.39. The van der Waals surface area contributed by atoms with E-state index < -0.39 is 0 Å². The molecule has 0 aromatic heterocycles. The van der Waals surface area contributed by atoms with Crippen molar-refractivity contribution in [2.75, 3.05) is 39.3 Å². The second kappa shape index (κ2) is 7.78. The minimum absolute atomic E-state index is 0.116. The molecule has 1 aliphatic heterocycles. The van der Waals surface area contributed by atoms with Crippen LogP contribution < -0.4 is 0 Å². The molecular weight excluding hydrogens is 266 g/mol. The number of hydrogen-bond donors (Lipinski definition) is 0. The second-order valence-corrected chi connectivity index (χ2v) is 6.22. The molecule has 0 aromatic carbocycles. The number of hydrogen-bond acceptors (Lipinski definition) is 3. The zero-order valence-electron chi connectivity index (χ0n) is 13.5. The van der Waals surface area contributed by atoms with E-state index in [2.05, 4.69) is 11.8 Å². The van der Waals surface area contributed by atoms with E-state index in [0.717, 1.165) is 45.6 Å². The maximum atomic E-state index is 12.3. The number of piperazine rings is 1. The Morgan fingerprint density at radius 1 is 1.10 bits per heavy atom. The van der Waals surface area contributed by atoms with Crippen molar-refractivity contribution in [1.82, 2.24) is 14.7 Å². The fourth-order valence-corrected chi connectivity index (χ4v) is 3.50. The van der Waals surface area contributed by atoms with Gasteiger partial charge >= 0.3 is 0 Å². The van der Waals surface area contributed by atoms with Gasteiger partial charge in [0.15, 0.2) is 0 Å². The molecule has 2 amide bonds. The normalized spacial score (nSPS) is 20.8. The van der Waals surface area contributed by atoms with Crippen LogP contribution in [0.15, 0.2) is 0 Å². The maximum absolute atomic E-state index is 12.3. The lowest BCUT2D eigenvalue weighted by molar-refractivity contribution is -0.135. The summed E-state index contributed by atoms with van der Waals surface area (Å²) in [6.45, 7) is 9.04. The molecule has 5 nitrogen and oxygen atoms in total. The summed E-state index contributed by atoms with van der Waals surface area (Å²) in [6, 6.07) is 0.368. The van der Waals surface area contributed by atoms with E-state index in [1.54, 1.807) is 6.92 Å². The van der Waals surface area contributed by atoms with E-state index in [9.17, 15) is 9.59 Å². The highest BCUT2D eigenvalue weighted by molar-refractivity contribution is 5.78. The number of likely N-dealkylation sites (N-methyl/N-ethyl adjacent to an activating group) is 1. The van der Waals surface area contributed by atoms with E-state index in [1.807, 2.05) is 9.80 Å². The molecule has 0 N–H and O–H groups in total. The zero-order chi connectivity index (χ0) is 15.2. The van der Waals surface area contributed by atoms with Crippen molar-refractivity contribution < 1.29 is 9.59 Å². The molecular formula is C16H29N3O2.